The van der Waals surface area contributed by atoms with E-state index in [-0.39, 0.29) is 11.5 Å². The molecule has 0 bridgehead atoms. The van der Waals surface area contributed by atoms with Crippen molar-refractivity contribution in [2.24, 2.45) is 0 Å². The first kappa shape index (κ1) is 26.3. The van der Waals surface area contributed by atoms with Gasteiger partial charge in [0.15, 0.2) is 6.23 Å². The molecular formula is C13H21N4O13P3. The molecule has 2 unspecified atom stereocenters. The van der Waals surface area contributed by atoms with Gasteiger partial charge in [-0.2, -0.15) is 8.62 Å². The molecule has 33 heavy (non-hydrogen) atoms. The van der Waals surface area contributed by atoms with Crippen LogP contribution in [0.5, 0.6) is 0 Å². The molecule has 1 aliphatic heterocycles. The second-order valence-corrected chi connectivity index (χ2v) is 11.6. The highest BCUT2D eigenvalue weighted by Crippen LogP contribution is 2.66. The fourth-order valence-electron chi connectivity index (χ4n) is 3.30. The van der Waals surface area contributed by atoms with Gasteiger partial charge in [-0.3, -0.25) is 4.52 Å². The molecule has 1 saturated heterocycles. The van der Waals surface area contributed by atoms with Crippen LogP contribution in [0.2, 0.25) is 0 Å². The van der Waals surface area contributed by atoms with E-state index in [9.17, 15) is 33.7 Å². The first-order valence-corrected chi connectivity index (χ1v) is 13.4. The van der Waals surface area contributed by atoms with E-state index in [2.05, 4.69) is 23.1 Å². The zero-order valence-electron chi connectivity index (χ0n) is 16.8. The summed E-state index contributed by atoms with van der Waals surface area (Å²) in [5.41, 5.74) is 4.04. The quantitative estimate of drug-likeness (QED) is 0.215. The maximum Gasteiger partial charge on any atom is 0.490 e. The fraction of sp³-hybridized carbons (Fsp3) is 0.538. The Morgan fingerprint density at radius 2 is 1.82 bits per heavy atom. The van der Waals surface area contributed by atoms with Gasteiger partial charge in [-0.05, 0) is 19.9 Å². The van der Waals surface area contributed by atoms with Crippen LogP contribution in [-0.4, -0.2) is 68.2 Å². The first-order valence-electron chi connectivity index (χ1n) is 8.89. The molecule has 0 saturated carbocycles. The van der Waals surface area contributed by atoms with Crippen molar-refractivity contribution in [2.45, 2.75) is 44.0 Å². The van der Waals surface area contributed by atoms with Crippen LogP contribution in [-0.2, 0) is 31.6 Å². The molecule has 20 heteroatoms. The summed E-state index contributed by atoms with van der Waals surface area (Å²) in [5.74, 6) is 0.148. The summed E-state index contributed by atoms with van der Waals surface area (Å²) in [6.45, 7) is 2.33. The summed E-state index contributed by atoms with van der Waals surface area (Å²) in [6, 6.07) is 1.54. The van der Waals surface area contributed by atoms with Crippen LogP contribution >= 0.6 is 23.5 Å². The number of phosphoric ester groups is 1. The fourth-order valence-corrected chi connectivity index (χ4v) is 6.50. The molecule has 3 heterocycles. The van der Waals surface area contributed by atoms with Gasteiger partial charge in [0.25, 0.3) is 0 Å². The van der Waals surface area contributed by atoms with Gasteiger partial charge < -0.3 is 44.8 Å². The van der Waals surface area contributed by atoms with Gasteiger partial charge in [0, 0.05) is 6.20 Å². The number of nitrogen functional groups attached to an aromatic ring is 1. The maximum atomic E-state index is 12.1. The van der Waals surface area contributed by atoms with Crippen LogP contribution in [0.4, 0.5) is 5.82 Å². The molecule has 0 amide bonds. The molecule has 2 aromatic heterocycles. The summed E-state index contributed by atoms with van der Waals surface area (Å²) in [6.07, 6.45) is -3.45. The van der Waals surface area contributed by atoms with Crippen molar-refractivity contribution in [3.8, 4) is 0 Å². The number of nitrogens with zero attached hydrogens (tertiary/aromatic N) is 3. The molecule has 1 aliphatic rings. The second-order valence-electron chi connectivity index (χ2n) is 7.24. The standard InChI is InChI=1S/C13H21N4O13P3/c1-6(28-32(23,24)30-33(25,26)29-31(20,21)22)8-9(18)13(2,19)12(27-8)17-4-3-7-10(14)15-5-16-11(7)17/h3-6,8-9,12,18-19H,1-2H3,(H,23,24)(H,25,26)(H2,14,15,16)(H2,20,21,22)/t6-,8+,9+,12+,13+/m0/s1. The first-order chi connectivity index (χ1) is 14.9. The number of hydrogen-bond acceptors (Lipinski definition) is 12. The van der Waals surface area contributed by atoms with E-state index in [0.29, 0.717) is 5.39 Å². The second kappa shape index (κ2) is 8.73. The molecule has 2 aromatic rings. The molecule has 3 rings (SSSR count). The lowest BCUT2D eigenvalue weighted by Crippen LogP contribution is -2.46. The number of fused-ring (bicyclic) bond motifs is 1. The average Bonchev–Trinajstić information content (AvgIpc) is 3.11. The minimum Gasteiger partial charge on any atom is -0.387 e. The van der Waals surface area contributed by atoms with Gasteiger partial charge in [-0.15, -0.1) is 0 Å². The highest BCUT2D eigenvalue weighted by molar-refractivity contribution is 7.66. The highest BCUT2D eigenvalue weighted by Gasteiger charge is 2.56. The summed E-state index contributed by atoms with van der Waals surface area (Å²) >= 11 is 0. The van der Waals surface area contributed by atoms with E-state index in [1.165, 1.54) is 24.0 Å². The Hall–Kier alpha value is -1.29. The zero-order valence-corrected chi connectivity index (χ0v) is 19.5. The summed E-state index contributed by atoms with van der Waals surface area (Å²) in [7, 11) is -16.8. The Morgan fingerprint density at radius 3 is 2.42 bits per heavy atom. The lowest BCUT2D eigenvalue weighted by Gasteiger charge is -2.28. The number of rotatable bonds is 8. The number of phosphoric acid groups is 3. The molecule has 186 valence electrons. The molecule has 7 atom stereocenters. The summed E-state index contributed by atoms with van der Waals surface area (Å²) in [4.78, 5) is 44.0. The molecule has 8 N–H and O–H groups in total. The average molecular weight is 534 g/mol. The zero-order chi connectivity index (χ0) is 25.0. The number of ether oxygens (including phenoxy) is 1. The minimum atomic E-state index is -5.73. The maximum absolute atomic E-state index is 12.1. The monoisotopic (exact) mass is 534 g/mol. The molecule has 1 fully saturated rings. The van der Waals surface area contributed by atoms with Crippen LogP contribution < -0.4 is 5.73 Å². The number of nitrogens with two attached hydrogens (primary N) is 1. The third-order valence-electron chi connectivity index (χ3n) is 4.67. The topological polar surface area (TPSA) is 266 Å². The van der Waals surface area contributed by atoms with Crippen molar-refractivity contribution in [2.75, 3.05) is 5.73 Å². The Bertz CT molecular complexity index is 1180. The Balaban J connectivity index is 1.81. The SMILES string of the molecule is C[C@H](OP(=O)(O)OP(=O)(O)OP(=O)(O)O)[C@H]1O[C@@H](n2ccc3c(N)ncnc32)[C@](C)(O)[C@@H]1O. The number of aromatic nitrogens is 3. The summed E-state index contributed by atoms with van der Waals surface area (Å²) in [5, 5.41) is 21.9. The van der Waals surface area contributed by atoms with Gasteiger partial charge in [0.2, 0.25) is 0 Å². The molecule has 0 spiro atoms. The number of anilines is 1. The van der Waals surface area contributed by atoms with Gasteiger partial charge >= 0.3 is 23.5 Å². The normalized spacial score (nSPS) is 30.7. The highest BCUT2D eigenvalue weighted by atomic mass is 31.3. The molecule has 0 aromatic carbocycles. The van der Waals surface area contributed by atoms with E-state index in [1.54, 1.807) is 6.07 Å². The van der Waals surface area contributed by atoms with E-state index < -0.39 is 53.6 Å². The predicted molar refractivity (Wildman–Crippen MR) is 107 cm³/mol. The molecular weight excluding hydrogens is 513 g/mol. The van der Waals surface area contributed by atoms with Gasteiger partial charge in [-0.25, -0.2) is 23.7 Å². The van der Waals surface area contributed by atoms with Crippen LogP contribution in [0.15, 0.2) is 18.6 Å². The largest absolute Gasteiger partial charge is 0.490 e. The van der Waals surface area contributed by atoms with Crippen LogP contribution in [0.3, 0.4) is 0 Å². The van der Waals surface area contributed by atoms with Crippen molar-refractivity contribution < 1.29 is 61.4 Å². The number of aliphatic hydroxyl groups excluding tert-OH is 1. The third-order valence-corrected chi connectivity index (χ3v) is 8.59. The Labute approximate surface area is 185 Å². The van der Waals surface area contributed by atoms with Crippen LogP contribution in [0, 0.1) is 0 Å². The summed E-state index contributed by atoms with van der Waals surface area (Å²) < 4.78 is 53.3. The van der Waals surface area contributed by atoms with Crippen molar-refractivity contribution >= 4 is 40.3 Å². The van der Waals surface area contributed by atoms with Gasteiger partial charge in [0.05, 0.1) is 11.5 Å². The smallest absolute Gasteiger partial charge is 0.387 e. The number of hydrogen-bond donors (Lipinski definition) is 7. The van der Waals surface area contributed by atoms with Crippen LogP contribution in [0.1, 0.15) is 20.1 Å². The van der Waals surface area contributed by atoms with Gasteiger partial charge in [0.1, 0.15) is 35.6 Å². The third kappa shape index (κ3) is 5.69. The van der Waals surface area contributed by atoms with E-state index in [0.717, 1.165) is 6.92 Å². The Kier molecular flexibility index (Phi) is 6.97. The van der Waals surface area contributed by atoms with E-state index in [4.69, 9.17) is 20.3 Å². The van der Waals surface area contributed by atoms with Crippen LogP contribution in [0.25, 0.3) is 11.0 Å². The lowest BCUT2D eigenvalue weighted by molar-refractivity contribution is -0.0979. The van der Waals surface area contributed by atoms with Gasteiger partial charge in [-0.1, -0.05) is 0 Å². The van der Waals surface area contributed by atoms with Crippen molar-refractivity contribution in [1.82, 2.24) is 14.5 Å². The van der Waals surface area contributed by atoms with Crippen molar-refractivity contribution in [3.05, 3.63) is 18.6 Å². The molecule has 17 nitrogen and oxygen atoms in total. The minimum absolute atomic E-state index is 0.148. The van der Waals surface area contributed by atoms with E-state index >= 15 is 0 Å². The molecule has 0 radical (unpaired) electrons. The molecule has 0 aliphatic carbocycles. The van der Waals surface area contributed by atoms with Crippen molar-refractivity contribution in [1.29, 1.82) is 0 Å². The Morgan fingerprint density at radius 1 is 1.18 bits per heavy atom. The predicted octanol–water partition coefficient (Wildman–Crippen LogP) is -0.245. The lowest BCUT2D eigenvalue weighted by atomic mass is 9.94. The van der Waals surface area contributed by atoms with E-state index in [1.807, 2.05) is 0 Å². The van der Waals surface area contributed by atoms with Crippen molar-refractivity contribution in [3.63, 3.8) is 0 Å². The number of aliphatic hydroxyl groups is 2.